The zero-order valence-electron chi connectivity index (χ0n) is 21.7. The van der Waals surface area contributed by atoms with Gasteiger partial charge in [0.15, 0.2) is 0 Å². The molecule has 5 aliphatic carbocycles. The fraction of sp³-hybridized carbons (Fsp3) is 0.931. The van der Waals surface area contributed by atoms with Crippen molar-refractivity contribution in [2.45, 2.75) is 112 Å². The molecular weight excluding hydrogens is 412 g/mol. The van der Waals surface area contributed by atoms with Gasteiger partial charge in [-0.25, -0.2) is 0 Å². The maximum atomic E-state index is 12.7. The molecule has 0 bridgehead atoms. The highest BCUT2D eigenvalue weighted by molar-refractivity contribution is 5.83. The normalized spacial score (nSPS) is 55.0. The van der Waals surface area contributed by atoms with Gasteiger partial charge in [-0.3, -0.25) is 9.59 Å². The van der Waals surface area contributed by atoms with Crippen LogP contribution in [0.15, 0.2) is 0 Å². The number of carbonyl (C=O) groups is 2. The molecule has 0 saturated heterocycles. The van der Waals surface area contributed by atoms with Crippen LogP contribution in [-0.4, -0.2) is 28.1 Å². The first-order valence-electron chi connectivity index (χ1n) is 13.7. The van der Waals surface area contributed by atoms with Crippen LogP contribution in [0.4, 0.5) is 0 Å². The summed E-state index contributed by atoms with van der Waals surface area (Å²) in [7, 11) is 0. The van der Waals surface area contributed by atoms with Crippen molar-refractivity contribution in [2.75, 3.05) is 0 Å². The van der Waals surface area contributed by atoms with Gasteiger partial charge in [0.1, 0.15) is 5.78 Å². The van der Waals surface area contributed by atoms with Crippen LogP contribution in [0.2, 0.25) is 0 Å². The van der Waals surface area contributed by atoms with Crippen molar-refractivity contribution >= 4 is 11.8 Å². The summed E-state index contributed by atoms with van der Waals surface area (Å²) in [6.07, 6.45) is 9.44. The van der Waals surface area contributed by atoms with Crippen LogP contribution in [0.5, 0.6) is 0 Å². The van der Waals surface area contributed by atoms with E-state index in [1.807, 2.05) is 0 Å². The minimum Gasteiger partial charge on any atom is -0.481 e. The zero-order chi connectivity index (χ0) is 24.2. The minimum atomic E-state index is -0.693. The molecule has 33 heavy (non-hydrogen) atoms. The van der Waals surface area contributed by atoms with E-state index in [0.29, 0.717) is 24.2 Å². The van der Waals surface area contributed by atoms with E-state index >= 15 is 0 Å². The number of aliphatic hydroxyl groups excluding tert-OH is 1. The minimum absolute atomic E-state index is 0.000765. The lowest BCUT2D eigenvalue weighted by atomic mass is 9.32. The molecule has 186 valence electrons. The summed E-state index contributed by atoms with van der Waals surface area (Å²) in [6, 6.07) is 0. The predicted octanol–water partition coefficient (Wildman–Crippen LogP) is 6.10. The quantitative estimate of drug-likeness (QED) is 0.524. The monoisotopic (exact) mass is 458 g/mol. The van der Waals surface area contributed by atoms with Crippen molar-refractivity contribution in [2.24, 2.45) is 56.7 Å². The fourth-order valence-electron chi connectivity index (χ4n) is 11.4. The third-order valence-corrected chi connectivity index (χ3v) is 13.4. The molecule has 4 heteroatoms. The molecule has 5 rings (SSSR count). The van der Waals surface area contributed by atoms with Gasteiger partial charge in [0.2, 0.25) is 0 Å². The maximum Gasteiger partial charge on any atom is 0.309 e. The first kappa shape index (κ1) is 23.8. The molecule has 0 heterocycles. The van der Waals surface area contributed by atoms with Gasteiger partial charge in [0, 0.05) is 5.92 Å². The summed E-state index contributed by atoms with van der Waals surface area (Å²) in [5.41, 5.74) is -0.287. The molecule has 10 atom stereocenters. The summed E-state index contributed by atoms with van der Waals surface area (Å²) in [5.74, 6) is 0.932. The van der Waals surface area contributed by atoms with E-state index in [1.165, 1.54) is 6.42 Å². The smallest absolute Gasteiger partial charge is 0.309 e. The average molecular weight is 459 g/mol. The zero-order valence-corrected chi connectivity index (χ0v) is 21.7. The second kappa shape index (κ2) is 7.08. The van der Waals surface area contributed by atoms with Crippen LogP contribution in [-0.2, 0) is 9.59 Å². The van der Waals surface area contributed by atoms with E-state index < -0.39 is 11.4 Å². The van der Waals surface area contributed by atoms with Crippen molar-refractivity contribution in [1.29, 1.82) is 0 Å². The SMILES string of the molecule is CC(=O)[C@@H]1CC[C@]2(C(=O)O)CCC3(C)C(CCC4[C@@]5(C)CC[C@H](O)C(C)(C)C5CC[C@]43C)C12. The molecule has 0 aromatic heterocycles. The Balaban J connectivity index is 1.57. The Kier molecular flexibility index (Phi) is 5.11. The highest BCUT2D eigenvalue weighted by Crippen LogP contribution is 2.77. The summed E-state index contributed by atoms with van der Waals surface area (Å²) in [6.45, 7) is 13.8. The molecular formula is C29H46O4. The molecule has 4 nitrogen and oxygen atoms in total. The van der Waals surface area contributed by atoms with E-state index in [2.05, 4.69) is 34.6 Å². The van der Waals surface area contributed by atoms with Crippen molar-refractivity contribution in [1.82, 2.24) is 0 Å². The molecule has 5 aliphatic rings. The largest absolute Gasteiger partial charge is 0.481 e. The molecule has 0 spiro atoms. The van der Waals surface area contributed by atoms with Gasteiger partial charge in [-0.05, 0) is 116 Å². The number of Topliss-reactive ketones (excluding diaryl/α,β-unsaturated/α-hetero) is 1. The number of aliphatic hydroxyl groups is 1. The van der Waals surface area contributed by atoms with Crippen LogP contribution in [0.25, 0.3) is 0 Å². The van der Waals surface area contributed by atoms with E-state index in [0.717, 1.165) is 51.4 Å². The molecule has 2 N–H and O–H groups in total. The molecule has 0 aliphatic heterocycles. The van der Waals surface area contributed by atoms with Crippen LogP contribution >= 0.6 is 0 Å². The van der Waals surface area contributed by atoms with Crippen molar-refractivity contribution in [3.05, 3.63) is 0 Å². The average Bonchev–Trinajstić information content (AvgIpc) is 3.13. The second-order valence-corrected chi connectivity index (χ2v) is 14.3. The number of ketones is 1. The van der Waals surface area contributed by atoms with Gasteiger partial charge < -0.3 is 10.2 Å². The topological polar surface area (TPSA) is 74.6 Å². The lowest BCUT2D eigenvalue weighted by molar-refractivity contribution is -0.248. The molecule has 0 amide bonds. The van der Waals surface area contributed by atoms with E-state index in [4.69, 9.17) is 0 Å². The van der Waals surface area contributed by atoms with Gasteiger partial charge in [0.25, 0.3) is 0 Å². The first-order valence-corrected chi connectivity index (χ1v) is 13.7. The fourth-order valence-corrected chi connectivity index (χ4v) is 11.4. The summed E-state index contributed by atoms with van der Waals surface area (Å²) in [4.78, 5) is 25.4. The molecule has 5 unspecified atom stereocenters. The highest BCUT2D eigenvalue weighted by Gasteiger charge is 2.72. The summed E-state index contributed by atoms with van der Waals surface area (Å²) < 4.78 is 0. The van der Waals surface area contributed by atoms with E-state index in [-0.39, 0.29) is 45.4 Å². The number of rotatable bonds is 2. The van der Waals surface area contributed by atoms with E-state index in [9.17, 15) is 19.8 Å². The Bertz CT molecular complexity index is 864. The highest BCUT2D eigenvalue weighted by atomic mass is 16.4. The molecule has 0 aromatic carbocycles. The van der Waals surface area contributed by atoms with Gasteiger partial charge in [-0.15, -0.1) is 0 Å². The molecule has 0 radical (unpaired) electrons. The predicted molar refractivity (Wildman–Crippen MR) is 128 cm³/mol. The summed E-state index contributed by atoms with van der Waals surface area (Å²) in [5, 5.41) is 21.3. The Morgan fingerprint density at radius 2 is 1.45 bits per heavy atom. The van der Waals surface area contributed by atoms with Crippen LogP contribution in [0.3, 0.4) is 0 Å². The van der Waals surface area contributed by atoms with E-state index in [1.54, 1.807) is 6.92 Å². The van der Waals surface area contributed by atoms with Crippen LogP contribution < -0.4 is 0 Å². The number of hydrogen-bond donors (Lipinski definition) is 2. The van der Waals surface area contributed by atoms with Gasteiger partial charge in [0.05, 0.1) is 11.5 Å². The van der Waals surface area contributed by atoms with Crippen molar-refractivity contribution in [3.63, 3.8) is 0 Å². The third-order valence-electron chi connectivity index (χ3n) is 13.4. The number of carboxylic acids is 1. The molecule has 5 saturated carbocycles. The second-order valence-electron chi connectivity index (χ2n) is 14.3. The maximum absolute atomic E-state index is 12.7. The van der Waals surface area contributed by atoms with Gasteiger partial charge in [-0.1, -0.05) is 34.6 Å². The van der Waals surface area contributed by atoms with Crippen molar-refractivity contribution < 1.29 is 19.8 Å². The lowest BCUT2D eigenvalue weighted by Crippen LogP contribution is -2.67. The Morgan fingerprint density at radius 1 is 0.758 bits per heavy atom. The third kappa shape index (κ3) is 2.74. The van der Waals surface area contributed by atoms with Crippen LogP contribution in [0, 0.1) is 56.7 Å². The lowest BCUT2D eigenvalue weighted by Gasteiger charge is -2.72. The first-order chi connectivity index (χ1) is 15.3. The van der Waals surface area contributed by atoms with Crippen molar-refractivity contribution in [3.8, 4) is 0 Å². The summed E-state index contributed by atoms with van der Waals surface area (Å²) >= 11 is 0. The number of fused-ring (bicyclic) bond motifs is 7. The van der Waals surface area contributed by atoms with Crippen LogP contribution in [0.1, 0.15) is 106 Å². The Hall–Kier alpha value is -0.900. The standard InChI is InChI=1S/C29H46O4/c1-17(30)18-9-14-29(24(32)33)16-15-27(5)19(23(18)29)7-8-21-26(4)12-11-22(31)25(2,3)20(26)10-13-28(21,27)6/h18-23,31H,7-16H2,1-6H3,(H,32,33)/t18-,19?,20?,21?,22-,23?,26-,27?,28+,29-/m0/s1. The molecule has 0 aromatic rings. The number of carboxylic acid groups (broad SMARTS) is 1. The number of carbonyl (C=O) groups excluding carboxylic acids is 1. The van der Waals surface area contributed by atoms with Gasteiger partial charge >= 0.3 is 5.97 Å². The molecule has 5 fully saturated rings. The Morgan fingerprint density at radius 3 is 2.09 bits per heavy atom. The number of hydrogen-bond acceptors (Lipinski definition) is 3. The van der Waals surface area contributed by atoms with Gasteiger partial charge in [-0.2, -0.15) is 0 Å². The Labute approximate surface area is 200 Å². The number of aliphatic carboxylic acids is 1.